The summed E-state index contributed by atoms with van der Waals surface area (Å²) in [6.45, 7) is 9.77. The van der Waals surface area contributed by atoms with E-state index in [-0.39, 0.29) is 38.9 Å². The predicted molar refractivity (Wildman–Crippen MR) is 236 cm³/mol. The van der Waals surface area contributed by atoms with Gasteiger partial charge in [0.2, 0.25) is 0 Å². The number of nitrogens with zero attached hydrogens (tertiary/aromatic N) is 5. The third-order valence-corrected chi connectivity index (χ3v) is 15.6. The molecule has 1 amide bonds. The third kappa shape index (κ3) is 7.44. The summed E-state index contributed by atoms with van der Waals surface area (Å²) in [5.41, 5.74) is 7.60. The molecule has 4 aliphatic carbocycles. The average Bonchev–Trinajstić information content (AvgIpc) is 3.69. The van der Waals surface area contributed by atoms with Crippen LogP contribution in [-0.4, -0.2) is 76.3 Å². The molecule has 3 atom stereocenters. The average molecular weight is 836 g/mol. The Balaban J connectivity index is 0.980. The quantitative estimate of drug-likeness (QED) is 0.0890. The topological polar surface area (TPSA) is 125 Å². The van der Waals surface area contributed by atoms with E-state index in [1.165, 1.54) is 18.5 Å². The van der Waals surface area contributed by atoms with E-state index in [4.69, 9.17) is 14.3 Å². The Kier molecular flexibility index (Phi) is 10.4. The summed E-state index contributed by atoms with van der Waals surface area (Å²) in [6.07, 6.45) is 13.2. The number of aryl methyl sites for hydroxylation is 1. The van der Waals surface area contributed by atoms with E-state index in [2.05, 4.69) is 70.2 Å². The molecule has 2 aromatic carbocycles. The molecule has 2 aliphatic heterocycles. The summed E-state index contributed by atoms with van der Waals surface area (Å²) in [4.78, 5) is 37.4. The molecular formula is C46H57N7O4S2. The molecule has 4 saturated carbocycles. The second-order valence-corrected chi connectivity index (χ2v) is 20.6. The minimum Gasteiger partial charge on any atom is -0.476 e. The Morgan fingerprint density at radius 3 is 2.54 bits per heavy atom. The molecule has 4 bridgehead atoms. The van der Waals surface area contributed by atoms with Crippen LogP contribution in [0.15, 0.2) is 59.6 Å². The van der Waals surface area contributed by atoms with Crippen molar-refractivity contribution in [2.24, 2.45) is 16.2 Å². The molecule has 312 valence electrons. The molecule has 4 fully saturated rings. The monoisotopic (exact) mass is 835 g/mol. The van der Waals surface area contributed by atoms with Crippen molar-refractivity contribution >= 4 is 47.2 Å². The van der Waals surface area contributed by atoms with E-state index in [0.29, 0.717) is 30.0 Å². The third-order valence-electron chi connectivity index (χ3n) is 13.8. The molecule has 3 N–H and O–H groups in total. The number of carbonyl (C=O) groups excluding carboxylic acids is 1. The number of anilines is 2. The van der Waals surface area contributed by atoms with Crippen LogP contribution in [0.2, 0.25) is 0 Å². The van der Waals surface area contributed by atoms with Gasteiger partial charge in [-0.1, -0.05) is 43.8 Å². The largest absolute Gasteiger partial charge is 0.476 e. The van der Waals surface area contributed by atoms with Gasteiger partial charge >= 0.3 is 5.97 Å². The van der Waals surface area contributed by atoms with E-state index in [1.807, 2.05) is 50.8 Å². The maximum Gasteiger partial charge on any atom is 0.355 e. The molecule has 13 heteroatoms. The SMILES string of the molecule is CNCCCc1cc2c(c(C(=O)NC3Sc4ccccc4N3C)c1)CN(c1ccc(-c3cnn(CC45CC6(C)CC(C)(C4)CC(OSC)(C6)C5)c3C)c(C(=O)O)n1)CC2. The zero-order valence-corrected chi connectivity index (χ0v) is 36.8. The van der Waals surface area contributed by atoms with Gasteiger partial charge in [0.15, 0.2) is 11.2 Å². The first-order chi connectivity index (χ1) is 28.2. The van der Waals surface area contributed by atoms with Crippen molar-refractivity contribution in [2.75, 3.05) is 43.2 Å². The normalized spacial score (nSPS) is 27.9. The van der Waals surface area contributed by atoms with Gasteiger partial charge in [0.05, 0.1) is 17.5 Å². The number of fused-ring (bicyclic) bond motifs is 2. The van der Waals surface area contributed by atoms with Crippen molar-refractivity contribution in [3.8, 4) is 11.1 Å². The molecule has 0 spiro atoms. The fraction of sp³-hybridized carbons (Fsp3) is 0.522. The van der Waals surface area contributed by atoms with Gasteiger partial charge in [0, 0.05) is 60.2 Å². The number of rotatable bonds is 13. The number of carboxylic acid groups (broad SMARTS) is 1. The number of hydrogen-bond acceptors (Lipinski definition) is 10. The number of para-hydroxylation sites is 1. The lowest BCUT2D eigenvalue weighted by atomic mass is 9.39. The molecule has 10 rings (SSSR count). The van der Waals surface area contributed by atoms with Crippen LogP contribution in [0.3, 0.4) is 0 Å². The predicted octanol–water partition coefficient (Wildman–Crippen LogP) is 8.34. The van der Waals surface area contributed by atoms with Crippen molar-refractivity contribution < 1.29 is 18.9 Å². The minimum absolute atomic E-state index is 0.0109. The molecule has 4 aromatic rings. The molecular weight excluding hydrogens is 779 g/mol. The smallest absolute Gasteiger partial charge is 0.355 e. The van der Waals surface area contributed by atoms with Crippen molar-refractivity contribution in [3.63, 3.8) is 0 Å². The fourth-order valence-electron chi connectivity index (χ4n) is 12.7. The number of pyridine rings is 1. The van der Waals surface area contributed by atoms with Crippen molar-refractivity contribution in [2.45, 2.75) is 108 Å². The lowest BCUT2D eigenvalue weighted by Gasteiger charge is -2.68. The summed E-state index contributed by atoms with van der Waals surface area (Å²) in [6, 6.07) is 16.3. The minimum atomic E-state index is -1.07. The highest BCUT2D eigenvalue weighted by Crippen LogP contribution is 2.72. The van der Waals surface area contributed by atoms with Crippen LogP contribution in [0.25, 0.3) is 11.1 Å². The summed E-state index contributed by atoms with van der Waals surface area (Å²) in [5, 5.41) is 22.1. The number of hydrogen-bond donors (Lipinski definition) is 3. The van der Waals surface area contributed by atoms with Gasteiger partial charge in [-0.2, -0.15) is 5.10 Å². The van der Waals surface area contributed by atoms with Crippen LogP contribution >= 0.6 is 23.8 Å². The van der Waals surface area contributed by atoms with Crippen LogP contribution in [0.1, 0.15) is 102 Å². The Labute approximate surface area is 356 Å². The number of nitrogens with one attached hydrogen (secondary N) is 2. The lowest BCUT2D eigenvalue weighted by Crippen LogP contribution is -2.64. The van der Waals surface area contributed by atoms with E-state index >= 15 is 0 Å². The van der Waals surface area contributed by atoms with Crippen LogP contribution in [0.4, 0.5) is 11.5 Å². The van der Waals surface area contributed by atoms with E-state index in [0.717, 1.165) is 103 Å². The number of aromatic carboxylic acids is 1. The van der Waals surface area contributed by atoms with Crippen LogP contribution in [0.5, 0.6) is 0 Å². The Morgan fingerprint density at radius 2 is 1.81 bits per heavy atom. The first-order valence-corrected chi connectivity index (χ1v) is 23.1. The molecule has 11 nitrogen and oxygen atoms in total. The van der Waals surface area contributed by atoms with Crippen molar-refractivity contribution in [3.05, 3.63) is 88.4 Å². The molecule has 0 radical (unpaired) electrons. The van der Waals surface area contributed by atoms with E-state index < -0.39 is 5.97 Å². The molecule has 3 unspecified atom stereocenters. The number of aromatic nitrogens is 3. The first kappa shape index (κ1) is 40.4. The molecule has 4 heterocycles. The highest BCUT2D eigenvalue weighted by molar-refractivity contribution is 8.00. The zero-order chi connectivity index (χ0) is 41.3. The maximum atomic E-state index is 14.3. The van der Waals surface area contributed by atoms with Gasteiger partial charge in [-0.15, -0.1) is 0 Å². The maximum absolute atomic E-state index is 14.3. The van der Waals surface area contributed by atoms with Crippen molar-refractivity contribution in [1.82, 2.24) is 25.4 Å². The number of benzene rings is 2. The van der Waals surface area contributed by atoms with E-state index in [1.54, 1.807) is 11.8 Å². The number of thioether (sulfide) groups is 1. The highest BCUT2D eigenvalue weighted by atomic mass is 32.2. The molecule has 59 heavy (non-hydrogen) atoms. The van der Waals surface area contributed by atoms with Gasteiger partial charge in [0.25, 0.3) is 5.91 Å². The summed E-state index contributed by atoms with van der Waals surface area (Å²) in [5.74, 6) is -0.599. The standard InChI is InChI=1S/C46H57N7O4S2/c1-29-34(20-48-53(29)28-45-23-43(2)22-44(3,24-45)26-46(25-43,27-45)57-58-6)32-13-14-38(49-39(32)41(55)56)52-17-15-31-18-30(10-9-16-47-4)19-33(35(31)21-52)40(54)50-42-51(5)36-11-7-8-12-37(36)59-42/h7-8,11-14,18-20,42,47H,9-10,15-17,21-28H2,1-6H3,(H,50,54)(H,55,56). The molecule has 2 aromatic heterocycles. The van der Waals surface area contributed by atoms with Gasteiger partial charge in [-0.3, -0.25) is 9.48 Å². The Morgan fingerprint density at radius 1 is 1.03 bits per heavy atom. The van der Waals surface area contributed by atoms with E-state index in [9.17, 15) is 14.7 Å². The second kappa shape index (κ2) is 15.1. The Bertz CT molecular complexity index is 2290. The lowest BCUT2D eigenvalue weighted by molar-refractivity contribution is -0.214. The van der Waals surface area contributed by atoms with Gasteiger partial charge in [-0.25, -0.2) is 9.78 Å². The van der Waals surface area contributed by atoms with Crippen LogP contribution < -0.4 is 20.4 Å². The first-order valence-electron chi connectivity index (χ1n) is 21.1. The van der Waals surface area contributed by atoms with Crippen molar-refractivity contribution in [1.29, 1.82) is 0 Å². The summed E-state index contributed by atoms with van der Waals surface area (Å²) < 4.78 is 8.64. The highest BCUT2D eigenvalue weighted by Gasteiger charge is 2.66. The second-order valence-electron chi connectivity index (χ2n) is 19.0. The Hall–Kier alpha value is -4.04. The number of carboxylic acids is 1. The zero-order valence-electron chi connectivity index (χ0n) is 35.2. The van der Waals surface area contributed by atoms with Gasteiger partial charge in [-0.05, 0) is 154 Å². The van der Waals surface area contributed by atoms with Crippen LogP contribution in [-0.2, 0) is 30.1 Å². The number of amides is 1. The summed E-state index contributed by atoms with van der Waals surface area (Å²) in [7, 11) is 3.97. The van der Waals surface area contributed by atoms with Gasteiger partial charge in [0.1, 0.15) is 5.82 Å². The van der Waals surface area contributed by atoms with Crippen LogP contribution in [0, 0.1) is 23.2 Å². The van der Waals surface area contributed by atoms with Gasteiger partial charge < -0.3 is 29.7 Å². The fourth-order valence-corrected chi connectivity index (χ4v) is 14.4. The number of carbonyl (C=O) groups is 2. The summed E-state index contributed by atoms with van der Waals surface area (Å²) >= 11 is 3.15. The molecule has 0 saturated heterocycles. The molecule has 6 aliphatic rings.